The van der Waals surface area contributed by atoms with Crippen LogP contribution in [-0.2, 0) is 0 Å². The fraction of sp³-hybridized carbons (Fsp3) is 0.545. The van der Waals surface area contributed by atoms with Crippen molar-refractivity contribution in [2.75, 3.05) is 32.0 Å². The number of nitrogen functional groups attached to an aromatic ring is 1. The van der Waals surface area contributed by atoms with Crippen LogP contribution in [0.25, 0.3) is 0 Å². The summed E-state index contributed by atoms with van der Waals surface area (Å²) in [4.78, 5) is 6.37. The van der Waals surface area contributed by atoms with Crippen LogP contribution in [0, 0.1) is 0 Å². The Hall–Kier alpha value is -1.29. The van der Waals surface area contributed by atoms with Crippen molar-refractivity contribution in [3.8, 4) is 5.88 Å². The van der Waals surface area contributed by atoms with E-state index in [0.29, 0.717) is 18.2 Å². The van der Waals surface area contributed by atoms with E-state index >= 15 is 0 Å². The van der Waals surface area contributed by atoms with E-state index in [1.165, 1.54) is 0 Å². The molecule has 1 rings (SSSR count). The number of hydrogen-bond donors (Lipinski definition) is 1. The first-order valence-corrected chi connectivity index (χ1v) is 5.33. The predicted octanol–water partition coefficient (Wildman–Crippen LogP) is 1.38. The molecule has 1 heterocycles. The zero-order valence-corrected chi connectivity index (χ0v) is 9.44. The number of rotatable bonds is 6. The topological polar surface area (TPSA) is 51.4 Å². The highest BCUT2D eigenvalue weighted by molar-refractivity contribution is 5.39. The van der Waals surface area contributed by atoms with Crippen LogP contribution in [0.2, 0.25) is 0 Å². The summed E-state index contributed by atoms with van der Waals surface area (Å²) >= 11 is 0. The Morgan fingerprint density at radius 3 is 2.73 bits per heavy atom. The highest BCUT2D eigenvalue weighted by atomic mass is 16.5. The van der Waals surface area contributed by atoms with E-state index in [0.717, 1.165) is 19.6 Å². The molecule has 0 aromatic carbocycles. The first-order chi connectivity index (χ1) is 7.26. The number of ether oxygens (including phenoxy) is 1. The van der Waals surface area contributed by atoms with Gasteiger partial charge < -0.3 is 15.4 Å². The summed E-state index contributed by atoms with van der Waals surface area (Å²) in [5.74, 6) is 0.599. The van der Waals surface area contributed by atoms with Gasteiger partial charge in [-0.1, -0.05) is 13.8 Å². The second-order valence-corrected chi connectivity index (χ2v) is 3.30. The summed E-state index contributed by atoms with van der Waals surface area (Å²) in [5.41, 5.74) is 6.30. The minimum absolute atomic E-state index is 0.599. The smallest absolute Gasteiger partial charge is 0.215 e. The van der Waals surface area contributed by atoms with Gasteiger partial charge >= 0.3 is 0 Å². The maximum absolute atomic E-state index is 5.61. The Morgan fingerprint density at radius 2 is 2.13 bits per heavy atom. The molecule has 1 aromatic heterocycles. The molecule has 1 aromatic rings. The third kappa shape index (κ3) is 4.16. The van der Waals surface area contributed by atoms with E-state index in [1.807, 2.05) is 0 Å². The van der Waals surface area contributed by atoms with Crippen LogP contribution in [0.1, 0.15) is 13.8 Å². The number of nitrogens with zero attached hydrogens (tertiary/aromatic N) is 2. The van der Waals surface area contributed by atoms with Gasteiger partial charge in [-0.15, -0.1) is 0 Å². The third-order valence-electron chi connectivity index (χ3n) is 2.31. The van der Waals surface area contributed by atoms with Gasteiger partial charge in [-0.2, -0.15) is 0 Å². The van der Waals surface area contributed by atoms with Crippen molar-refractivity contribution in [1.82, 2.24) is 9.88 Å². The van der Waals surface area contributed by atoms with Crippen LogP contribution in [0.15, 0.2) is 18.3 Å². The van der Waals surface area contributed by atoms with Crippen LogP contribution in [0.5, 0.6) is 5.88 Å². The summed E-state index contributed by atoms with van der Waals surface area (Å²) in [6, 6.07) is 3.49. The van der Waals surface area contributed by atoms with Gasteiger partial charge in [0.2, 0.25) is 5.88 Å². The van der Waals surface area contributed by atoms with Crippen LogP contribution in [0.3, 0.4) is 0 Å². The highest BCUT2D eigenvalue weighted by Crippen LogP contribution is 2.09. The summed E-state index contributed by atoms with van der Waals surface area (Å²) < 4.78 is 5.49. The molecule has 0 aliphatic rings. The quantitative estimate of drug-likeness (QED) is 0.769. The summed E-state index contributed by atoms with van der Waals surface area (Å²) in [6.45, 7) is 7.94. The Labute approximate surface area is 91.1 Å². The lowest BCUT2D eigenvalue weighted by Gasteiger charge is -2.17. The Balaban J connectivity index is 2.31. The van der Waals surface area contributed by atoms with Gasteiger partial charge in [0, 0.05) is 24.5 Å². The first kappa shape index (κ1) is 11.8. The Morgan fingerprint density at radius 1 is 1.40 bits per heavy atom. The van der Waals surface area contributed by atoms with Crippen LogP contribution < -0.4 is 10.5 Å². The molecule has 0 spiro atoms. The molecule has 0 bridgehead atoms. The second-order valence-electron chi connectivity index (χ2n) is 3.30. The molecule has 2 N–H and O–H groups in total. The molecule has 15 heavy (non-hydrogen) atoms. The molecule has 0 saturated carbocycles. The second kappa shape index (κ2) is 6.24. The minimum atomic E-state index is 0.599. The highest BCUT2D eigenvalue weighted by Gasteiger charge is 2.00. The fourth-order valence-electron chi connectivity index (χ4n) is 1.32. The van der Waals surface area contributed by atoms with Crippen molar-refractivity contribution in [3.63, 3.8) is 0 Å². The SMILES string of the molecule is CCN(CC)CCOc1cc(N)ccn1. The van der Waals surface area contributed by atoms with Crippen LogP contribution in [-0.4, -0.2) is 36.1 Å². The van der Waals surface area contributed by atoms with Crippen molar-refractivity contribution < 1.29 is 4.74 Å². The molecule has 0 unspecified atom stereocenters. The van der Waals surface area contributed by atoms with Gasteiger partial charge in [-0.25, -0.2) is 4.98 Å². The minimum Gasteiger partial charge on any atom is -0.476 e. The van der Waals surface area contributed by atoms with Crippen LogP contribution in [0.4, 0.5) is 5.69 Å². The Kier molecular flexibility index (Phi) is 4.90. The zero-order chi connectivity index (χ0) is 11.1. The lowest BCUT2D eigenvalue weighted by molar-refractivity contribution is 0.218. The maximum Gasteiger partial charge on any atom is 0.215 e. The largest absolute Gasteiger partial charge is 0.476 e. The molecule has 84 valence electrons. The molecule has 4 nitrogen and oxygen atoms in total. The first-order valence-electron chi connectivity index (χ1n) is 5.33. The number of likely N-dealkylation sites (N-methyl/N-ethyl adjacent to an activating group) is 1. The average Bonchev–Trinajstić information content (AvgIpc) is 2.25. The fourth-order valence-corrected chi connectivity index (χ4v) is 1.32. The van der Waals surface area contributed by atoms with E-state index in [4.69, 9.17) is 10.5 Å². The molecular formula is C11H19N3O. The third-order valence-corrected chi connectivity index (χ3v) is 2.31. The number of pyridine rings is 1. The molecule has 0 aliphatic heterocycles. The van der Waals surface area contributed by atoms with Gasteiger partial charge in [0.1, 0.15) is 6.61 Å². The lowest BCUT2D eigenvalue weighted by atomic mass is 10.4. The molecule has 0 fully saturated rings. The van der Waals surface area contributed by atoms with Crippen LogP contribution >= 0.6 is 0 Å². The lowest BCUT2D eigenvalue weighted by Crippen LogP contribution is -2.28. The number of hydrogen-bond acceptors (Lipinski definition) is 4. The van der Waals surface area contributed by atoms with Gasteiger partial charge in [-0.3, -0.25) is 0 Å². The van der Waals surface area contributed by atoms with Gasteiger partial charge in [0.15, 0.2) is 0 Å². The normalized spacial score (nSPS) is 10.6. The van der Waals surface area contributed by atoms with E-state index in [9.17, 15) is 0 Å². The standard InChI is InChI=1S/C11H19N3O/c1-3-14(4-2)7-8-15-11-9-10(12)5-6-13-11/h5-6,9H,3-4,7-8H2,1-2H3,(H2,12,13). The number of aromatic nitrogens is 1. The summed E-state index contributed by atoms with van der Waals surface area (Å²) in [7, 11) is 0. The van der Waals surface area contributed by atoms with E-state index < -0.39 is 0 Å². The van der Waals surface area contributed by atoms with E-state index in [-0.39, 0.29) is 0 Å². The maximum atomic E-state index is 5.61. The average molecular weight is 209 g/mol. The molecule has 0 radical (unpaired) electrons. The van der Waals surface area contributed by atoms with Crippen molar-refractivity contribution in [2.45, 2.75) is 13.8 Å². The van der Waals surface area contributed by atoms with Crippen molar-refractivity contribution in [3.05, 3.63) is 18.3 Å². The molecule has 0 amide bonds. The van der Waals surface area contributed by atoms with Gasteiger partial charge in [-0.05, 0) is 19.2 Å². The summed E-state index contributed by atoms with van der Waals surface area (Å²) in [5, 5.41) is 0. The van der Waals surface area contributed by atoms with E-state index in [1.54, 1.807) is 18.3 Å². The van der Waals surface area contributed by atoms with Crippen molar-refractivity contribution in [1.29, 1.82) is 0 Å². The van der Waals surface area contributed by atoms with Gasteiger partial charge in [0.05, 0.1) is 0 Å². The summed E-state index contributed by atoms with van der Waals surface area (Å²) in [6.07, 6.45) is 1.65. The Bertz CT molecular complexity index is 287. The van der Waals surface area contributed by atoms with Crippen molar-refractivity contribution in [2.24, 2.45) is 0 Å². The van der Waals surface area contributed by atoms with Crippen molar-refractivity contribution >= 4 is 5.69 Å². The number of nitrogens with two attached hydrogens (primary N) is 1. The molecular weight excluding hydrogens is 190 g/mol. The zero-order valence-electron chi connectivity index (χ0n) is 9.44. The molecule has 0 aliphatic carbocycles. The number of anilines is 1. The molecule has 0 atom stereocenters. The van der Waals surface area contributed by atoms with Gasteiger partial charge in [0.25, 0.3) is 0 Å². The monoisotopic (exact) mass is 209 g/mol. The molecule has 0 saturated heterocycles. The molecule has 4 heteroatoms. The van der Waals surface area contributed by atoms with E-state index in [2.05, 4.69) is 23.7 Å². The predicted molar refractivity (Wildman–Crippen MR) is 61.9 cm³/mol.